The third-order valence-corrected chi connectivity index (χ3v) is 5.38. The Hall–Kier alpha value is -3.50. The quantitative estimate of drug-likeness (QED) is 0.267. The first kappa shape index (κ1) is 24.1. The Bertz CT molecular complexity index is 1150. The normalized spacial score (nSPS) is 10.4. The molecule has 3 amide bonds. The lowest BCUT2D eigenvalue weighted by atomic mass is 10.1. The van der Waals surface area contributed by atoms with Crippen LogP contribution in [0.25, 0.3) is 0 Å². The van der Waals surface area contributed by atoms with E-state index in [1.54, 1.807) is 12.1 Å². The summed E-state index contributed by atoms with van der Waals surface area (Å²) >= 11 is 7.32. The van der Waals surface area contributed by atoms with E-state index in [9.17, 15) is 14.4 Å². The Kier molecular flexibility index (Phi) is 8.34. The highest BCUT2D eigenvalue weighted by Crippen LogP contribution is 2.20. The molecule has 9 nitrogen and oxygen atoms in total. The second-order valence-electron chi connectivity index (χ2n) is 6.96. The number of nitrogens with one attached hydrogen (secondary N) is 3. The molecule has 0 aliphatic heterocycles. The van der Waals surface area contributed by atoms with Gasteiger partial charge in [0, 0.05) is 33.9 Å². The summed E-state index contributed by atoms with van der Waals surface area (Å²) in [5.41, 5.74) is 7.85. The summed E-state index contributed by atoms with van der Waals surface area (Å²) < 4.78 is 0. The van der Waals surface area contributed by atoms with Crippen LogP contribution in [0.2, 0.25) is 5.02 Å². The van der Waals surface area contributed by atoms with Crippen LogP contribution in [0.4, 0.5) is 0 Å². The standard InChI is InChI=1S/C22H21ClN6O3S/c1-13-9-14(2)27-22(26-13)33-12-15-3-5-16(6-4-15)20(31)29-28-19(30)11-25-21(32)18-10-17(23)7-8-24-18/h3-10H,11-12H2,1-2H3,(H,25,32)(H,28,30)(H,29,31). The third-order valence-electron chi connectivity index (χ3n) is 4.23. The maximum Gasteiger partial charge on any atom is 0.270 e. The summed E-state index contributed by atoms with van der Waals surface area (Å²) in [4.78, 5) is 48.8. The van der Waals surface area contributed by atoms with Crippen molar-refractivity contribution in [1.82, 2.24) is 31.1 Å². The number of benzene rings is 1. The largest absolute Gasteiger partial charge is 0.342 e. The Morgan fingerprint density at radius 2 is 1.64 bits per heavy atom. The van der Waals surface area contributed by atoms with Crippen molar-refractivity contribution in [3.8, 4) is 0 Å². The number of carbonyl (C=O) groups excluding carboxylic acids is 3. The fourth-order valence-electron chi connectivity index (χ4n) is 2.68. The van der Waals surface area contributed by atoms with Gasteiger partial charge in [0.25, 0.3) is 17.7 Å². The van der Waals surface area contributed by atoms with Crippen molar-refractivity contribution >= 4 is 41.1 Å². The topological polar surface area (TPSA) is 126 Å². The molecular weight excluding hydrogens is 464 g/mol. The van der Waals surface area contributed by atoms with Gasteiger partial charge in [0.1, 0.15) is 5.69 Å². The molecule has 3 N–H and O–H groups in total. The first-order valence-electron chi connectivity index (χ1n) is 9.83. The molecule has 3 rings (SSSR count). The van der Waals surface area contributed by atoms with Gasteiger partial charge in [0.05, 0.1) is 6.54 Å². The van der Waals surface area contributed by atoms with E-state index in [0.29, 0.717) is 21.5 Å². The number of amides is 3. The minimum atomic E-state index is -0.597. The maximum atomic E-state index is 12.2. The van der Waals surface area contributed by atoms with Crippen LogP contribution in [0.5, 0.6) is 0 Å². The van der Waals surface area contributed by atoms with E-state index in [-0.39, 0.29) is 12.2 Å². The number of nitrogens with zero attached hydrogens (tertiary/aromatic N) is 3. The molecule has 0 spiro atoms. The van der Waals surface area contributed by atoms with Crippen LogP contribution < -0.4 is 16.2 Å². The second kappa shape index (κ2) is 11.4. The van der Waals surface area contributed by atoms with Gasteiger partial charge in [-0.3, -0.25) is 30.2 Å². The first-order valence-corrected chi connectivity index (χ1v) is 11.2. The van der Waals surface area contributed by atoms with Gasteiger partial charge in [-0.1, -0.05) is 35.5 Å². The van der Waals surface area contributed by atoms with E-state index in [1.165, 1.54) is 30.1 Å². The molecule has 0 bridgehead atoms. The number of hydrogen-bond donors (Lipinski definition) is 3. The van der Waals surface area contributed by atoms with Gasteiger partial charge >= 0.3 is 0 Å². The minimum Gasteiger partial charge on any atom is -0.342 e. The van der Waals surface area contributed by atoms with Gasteiger partial charge in [0.2, 0.25) is 0 Å². The highest BCUT2D eigenvalue weighted by Gasteiger charge is 2.11. The van der Waals surface area contributed by atoms with Crippen LogP contribution in [0.1, 0.15) is 37.8 Å². The number of carbonyl (C=O) groups is 3. The van der Waals surface area contributed by atoms with Gasteiger partial charge in [0.15, 0.2) is 5.16 Å². The summed E-state index contributed by atoms with van der Waals surface area (Å²) in [6.45, 7) is 3.51. The Balaban J connectivity index is 1.43. The monoisotopic (exact) mass is 484 g/mol. The summed E-state index contributed by atoms with van der Waals surface area (Å²) in [6.07, 6.45) is 1.39. The molecule has 0 saturated carbocycles. The van der Waals surface area contributed by atoms with E-state index >= 15 is 0 Å². The van der Waals surface area contributed by atoms with Gasteiger partial charge in [-0.25, -0.2) is 9.97 Å². The number of aromatic nitrogens is 3. The van der Waals surface area contributed by atoms with Crippen molar-refractivity contribution in [2.45, 2.75) is 24.8 Å². The van der Waals surface area contributed by atoms with Crippen molar-refractivity contribution in [3.05, 3.63) is 81.9 Å². The molecule has 170 valence electrons. The number of halogens is 1. The van der Waals surface area contributed by atoms with Gasteiger partial charge in [-0.05, 0) is 49.7 Å². The van der Waals surface area contributed by atoms with Crippen LogP contribution in [0.15, 0.2) is 53.8 Å². The zero-order valence-corrected chi connectivity index (χ0v) is 19.5. The lowest BCUT2D eigenvalue weighted by Crippen LogP contribution is -2.46. The molecule has 0 radical (unpaired) electrons. The van der Waals surface area contributed by atoms with Crippen molar-refractivity contribution < 1.29 is 14.4 Å². The average molecular weight is 485 g/mol. The van der Waals surface area contributed by atoms with Crippen molar-refractivity contribution in [3.63, 3.8) is 0 Å². The number of aryl methyl sites for hydroxylation is 2. The van der Waals surface area contributed by atoms with Crippen LogP contribution in [-0.4, -0.2) is 39.2 Å². The molecule has 0 saturated heterocycles. The predicted octanol–water partition coefficient (Wildman–Crippen LogP) is 2.63. The molecule has 1 aromatic carbocycles. The molecule has 3 aromatic rings. The van der Waals surface area contributed by atoms with Crippen LogP contribution in [0, 0.1) is 13.8 Å². The average Bonchev–Trinajstić information content (AvgIpc) is 2.79. The van der Waals surface area contributed by atoms with Crippen molar-refractivity contribution in [2.24, 2.45) is 0 Å². The zero-order chi connectivity index (χ0) is 23.8. The Morgan fingerprint density at radius 3 is 2.30 bits per heavy atom. The van der Waals surface area contributed by atoms with Gasteiger partial charge in [-0.15, -0.1) is 0 Å². The highest BCUT2D eigenvalue weighted by atomic mass is 35.5. The van der Waals surface area contributed by atoms with E-state index in [4.69, 9.17) is 11.6 Å². The van der Waals surface area contributed by atoms with E-state index in [0.717, 1.165) is 17.0 Å². The summed E-state index contributed by atoms with van der Waals surface area (Å²) in [7, 11) is 0. The van der Waals surface area contributed by atoms with E-state index in [2.05, 4.69) is 31.1 Å². The Labute approximate surface area is 199 Å². The van der Waals surface area contributed by atoms with Crippen molar-refractivity contribution in [1.29, 1.82) is 0 Å². The molecule has 2 aromatic heterocycles. The molecule has 0 aliphatic rings. The van der Waals surface area contributed by atoms with Crippen LogP contribution in [-0.2, 0) is 10.5 Å². The Morgan fingerprint density at radius 1 is 0.939 bits per heavy atom. The van der Waals surface area contributed by atoms with E-state index < -0.39 is 17.7 Å². The highest BCUT2D eigenvalue weighted by molar-refractivity contribution is 7.98. The molecule has 0 fully saturated rings. The number of pyridine rings is 1. The number of hydrazine groups is 1. The molecule has 0 aliphatic carbocycles. The first-order chi connectivity index (χ1) is 15.8. The molecule has 2 heterocycles. The van der Waals surface area contributed by atoms with Gasteiger partial charge in [-0.2, -0.15) is 0 Å². The minimum absolute atomic E-state index is 0.0849. The SMILES string of the molecule is Cc1cc(C)nc(SCc2ccc(C(=O)NNC(=O)CNC(=O)c3cc(Cl)ccn3)cc2)n1. The second-order valence-corrected chi connectivity index (χ2v) is 8.34. The van der Waals surface area contributed by atoms with Crippen molar-refractivity contribution in [2.75, 3.05) is 6.54 Å². The predicted molar refractivity (Wildman–Crippen MR) is 125 cm³/mol. The molecular formula is C22H21ClN6O3S. The van der Waals surface area contributed by atoms with Gasteiger partial charge < -0.3 is 5.32 Å². The summed E-state index contributed by atoms with van der Waals surface area (Å²) in [6, 6.07) is 11.8. The number of hydrogen-bond acceptors (Lipinski definition) is 7. The number of thioether (sulfide) groups is 1. The lowest BCUT2D eigenvalue weighted by Gasteiger charge is -2.09. The third kappa shape index (κ3) is 7.55. The smallest absolute Gasteiger partial charge is 0.270 e. The maximum absolute atomic E-state index is 12.2. The molecule has 0 unspecified atom stereocenters. The number of rotatable bonds is 7. The van der Waals surface area contributed by atoms with Crippen LogP contribution in [0.3, 0.4) is 0 Å². The van der Waals surface area contributed by atoms with Crippen LogP contribution >= 0.6 is 23.4 Å². The fraction of sp³-hybridized carbons (Fsp3) is 0.182. The summed E-state index contributed by atoms with van der Waals surface area (Å²) in [5, 5.41) is 3.46. The fourth-order valence-corrected chi connectivity index (χ4v) is 3.75. The lowest BCUT2D eigenvalue weighted by molar-refractivity contribution is -0.120. The zero-order valence-electron chi connectivity index (χ0n) is 17.9. The molecule has 33 heavy (non-hydrogen) atoms. The summed E-state index contributed by atoms with van der Waals surface area (Å²) in [5.74, 6) is -0.982. The molecule has 11 heteroatoms. The molecule has 0 atom stereocenters. The van der Waals surface area contributed by atoms with E-state index in [1.807, 2.05) is 32.0 Å².